The maximum atomic E-state index is 11.9. The van der Waals surface area contributed by atoms with Crippen molar-refractivity contribution in [2.24, 2.45) is 0 Å². The number of para-hydroxylation sites is 1. The Morgan fingerprint density at radius 2 is 1.95 bits per heavy atom. The van der Waals surface area contributed by atoms with Gasteiger partial charge in [-0.05, 0) is 19.9 Å². The Bertz CT molecular complexity index is 746. The van der Waals surface area contributed by atoms with E-state index in [1.807, 2.05) is 19.1 Å². The SMILES string of the molecule is CCOc1c(Cc2c(C)[nH]c(=O)[nH]c2=O)cccc1OC. The normalized spacial score (nSPS) is 10.4. The van der Waals surface area contributed by atoms with Gasteiger partial charge in [0.25, 0.3) is 5.56 Å². The van der Waals surface area contributed by atoms with E-state index >= 15 is 0 Å². The van der Waals surface area contributed by atoms with Crippen LogP contribution in [0.3, 0.4) is 0 Å². The minimum Gasteiger partial charge on any atom is -0.493 e. The van der Waals surface area contributed by atoms with Gasteiger partial charge in [-0.1, -0.05) is 12.1 Å². The Morgan fingerprint density at radius 1 is 1.19 bits per heavy atom. The van der Waals surface area contributed by atoms with E-state index in [4.69, 9.17) is 9.47 Å². The highest BCUT2D eigenvalue weighted by atomic mass is 16.5. The molecule has 0 unspecified atom stereocenters. The first-order chi connectivity index (χ1) is 10.1. The second kappa shape index (κ2) is 6.30. The van der Waals surface area contributed by atoms with E-state index in [1.165, 1.54) is 0 Å². The molecule has 0 saturated carbocycles. The van der Waals surface area contributed by atoms with Gasteiger partial charge >= 0.3 is 5.69 Å². The molecule has 0 aliphatic rings. The zero-order valence-corrected chi connectivity index (χ0v) is 12.3. The van der Waals surface area contributed by atoms with Crippen LogP contribution in [-0.2, 0) is 6.42 Å². The molecule has 0 atom stereocenters. The van der Waals surface area contributed by atoms with E-state index in [1.54, 1.807) is 20.1 Å². The molecule has 112 valence electrons. The Morgan fingerprint density at radius 3 is 2.57 bits per heavy atom. The second-order valence-corrected chi connectivity index (χ2v) is 4.57. The number of methoxy groups -OCH3 is 1. The predicted octanol–water partition coefficient (Wildman–Crippen LogP) is 1.37. The summed E-state index contributed by atoms with van der Waals surface area (Å²) in [5.74, 6) is 1.24. The minimum atomic E-state index is -0.503. The summed E-state index contributed by atoms with van der Waals surface area (Å²) in [4.78, 5) is 28.0. The summed E-state index contributed by atoms with van der Waals surface area (Å²) in [6.45, 7) is 4.08. The fourth-order valence-corrected chi connectivity index (χ4v) is 2.20. The summed E-state index contributed by atoms with van der Waals surface area (Å²) in [7, 11) is 1.57. The summed E-state index contributed by atoms with van der Waals surface area (Å²) >= 11 is 0. The van der Waals surface area contributed by atoms with Gasteiger partial charge < -0.3 is 14.5 Å². The summed E-state index contributed by atoms with van der Waals surface area (Å²) < 4.78 is 10.9. The molecule has 6 heteroatoms. The zero-order valence-electron chi connectivity index (χ0n) is 12.3. The van der Waals surface area contributed by atoms with Crippen LogP contribution in [0.25, 0.3) is 0 Å². The van der Waals surface area contributed by atoms with Crippen molar-refractivity contribution in [1.29, 1.82) is 0 Å². The van der Waals surface area contributed by atoms with Crippen molar-refractivity contribution in [2.75, 3.05) is 13.7 Å². The number of aryl methyl sites for hydroxylation is 1. The number of hydrogen-bond donors (Lipinski definition) is 2. The van der Waals surface area contributed by atoms with Gasteiger partial charge in [-0.2, -0.15) is 0 Å². The lowest BCUT2D eigenvalue weighted by Gasteiger charge is -2.14. The van der Waals surface area contributed by atoms with Crippen LogP contribution in [0.1, 0.15) is 23.7 Å². The fraction of sp³-hybridized carbons (Fsp3) is 0.333. The third-order valence-electron chi connectivity index (χ3n) is 3.19. The van der Waals surface area contributed by atoms with E-state index in [-0.39, 0.29) is 5.56 Å². The van der Waals surface area contributed by atoms with Gasteiger partial charge in [-0.3, -0.25) is 9.78 Å². The second-order valence-electron chi connectivity index (χ2n) is 4.57. The quantitative estimate of drug-likeness (QED) is 0.871. The van der Waals surface area contributed by atoms with Crippen LogP contribution in [-0.4, -0.2) is 23.7 Å². The van der Waals surface area contributed by atoms with Crippen molar-refractivity contribution < 1.29 is 9.47 Å². The summed E-state index contributed by atoms with van der Waals surface area (Å²) in [5.41, 5.74) is 0.994. The number of ether oxygens (including phenoxy) is 2. The van der Waals surface area contributed by atoms with Crippen LogP contribution in [0.2, 0.25) is 0 Å². The highest BCUT2D eigenvalue weighted by Crippen LogP contribution is 2.32. The molecule has 1 aromatic carbocycles. The Hall–Kier alpha value is -2.50. The number of nitrogens with one attached hydrogen (secondary N) is 2. The maximum absolute atomic E-state index is 11.9. The standard InChI is InChI=1S/C15H18N2O4/c1-4-21-13-10(6-5-7-12(13)20-3)8-11-9(2)16-15(19)17-14(11)18/h5-7H,4,8H2,1-3H3,(H2,16,17,18,19). The highest BCUT2D eigenvalue weighted by Gasteiger charge is 2.14. The number of H-pyrrole nitrogens is 2. The molecule has 21 heavy (non-hydrogen) atoms. The Kier molecular flexibility index (Phi) is 4.47. The molecule has 1 heterocycles. The number of aromatic amines is 2. The van der Waals surface area contributed by atoms with Gasteiger partial charge in [-0.15, -0.1) is 0 Å². The van der Waals surface area contributed by atoms with Crippen molar-refractivity contribution in [3.05, 3.63) is 55.9 Å². The van der Waals surface area contributed by atoms with Crippen molar-refractivity contribution in [2.45, 2.75) is 20.3 Å². The van der Waals surface area contributed by atoms with Gasteiger partial charge in [-0.25, -0.2) is 4.79 Å². The van der Waals surface area contributed by atoms with Crippen molar-refractivity contribution in [3.63, 3.8) is 0 Å². The number of hydrogen-bond acceptors (Lipinski definition) is 4. The third-order valence-corrected chi connectivity index (χ3v) is 3.19. The largest absolute Gasteiger partial charge is 0.493 e. The molecule has 2 N–H and O–H groups in total. The van der Waals surface area contributed by atoms with E-state index in [2.05, 4.69) is 9.97 Å². The topological polar surface area (TPSA) is 84.2 Å². The molecule has 0 amide bonds. The molecule has 6 nitrogen and oxygen atoms in total. The Labute approximate surface area is 121 Å². The highest BCUT2D eigenvalue weighted by molar-refractivity contribution is 5.48. The van der Waals surface area contributed by atoms with E-state index in [0.29, 0.717) is 35.8 Å². The predicted molar refractivity (Wildman–Crippen MR) is 79.4 cm³/mol. The average molecular weight is 290 g/mol. The lowest BCUT2D eigenvalue weighted by molar-refractivity contribution is 0.308. The molecule has 0 fully saturated rings. The molecule has 0 bridgehead atoms. The van der Waals surface area contributed by atoms with Crippen molar-refractivity contribution >= 4 is 0 Å². The van der Waals surface area contributed by atoms with Crippen molar-refractivity contribution in [1.82, 2.24) is 9.97 Å². The molecule has 0 saturated heterocycles. The molecule has 1 aromatic heterocycles. The Balaban J connectivity index is 2.49. The minimum absolute atomic E-state index is 0.352. The first-order valence-corrected chi connectivity index (χ1v) is 6.67. The third kappa shape index (κ3) is 3.16. The van der Waals surface area contributed by atoms with Gasteiger partial charge in [0.05, 0.1) is 13.7 Å². The first-order valence-electron chi connectivity index (χ1n) is 6.67. The van der Waals surface area contributed by atoms with Gasteiger partial charge in [0, 0.05) is 23.2 Å². The smallest absolute Gasteiger partial charge is 0.325 e. The summed E-state index contributed by atoms with van der Waals surface area (Å²) in [5, 5.41) is 0. The molecule has 0 spiro atoms. The van der Waals surface area contributed by atoms with Gasteiger partial charge in [0.15, 0.2) is 11.5 Å². The molecule has 2 rings (SSSR count). The van der Waals surface area contributed by atoms with Gasteiger partial charge in [0.2, 0.25) is 0 Å². The molecule has 2 aromatic rings. The monoisotopic (exact) mass is 290 g/mol. The molecule has 0 aliphatic carbocycles. The van der Waals surface area contributed by atoms with Gasteiger partial charge in [0.1, 0.15) is 0 Å². The average Bonchev–Trinajstić information content (AvgIpc) is 2.44. The molecular weight excluding hydrogens is 272 g/mol. The number of aromatic nitrogens is 2. The fourth-order valence-electron chi connectivity index (χ4n) is 2.20. The summed E-state index contributed by atoms with van der Waals surface area (Å²) in [6, 6.07) is 5.52. The van der Waals surface area contributed by atoms with Crippen molar-refractivity contribution in [3.8, 4) is 11.5 Å². The van der Waals surface area contributed by atoms with Crippen LogP contribution in [0.5, 0.6) is 11.5 Å². The maximum Gasteiger partial charge on any atom is 0.325 e. The summed E-state index contributed by atoms with van der Waals surface area (Å²) in [6.07, 6.45) is 0.352. The lowest BCUT2D eigenvalue weighted by Crippen LogP contribution is -2.27. The zero-order chi connectivity index (χ0) is 15.4. The number of benzene rings is 1. The van der Waals surface area contributed by atoms with Crippen LogP contribution in [0.4, 0.5) is 0 Å². The lowest BCUT2D eigenvalue weighted by atomic mass is 10.0. The van der Waals surface area contributed by atoms with Crippen LogP contribution >= 0.6 is 0 Å². The van der Waals surface area contributed by atoms with E-state index in [0.717, 1.165) is 5.56 Å². The van der Waals surface area contributed by atoms with Crippen LogP contribution in [0.15, 0.2) is 27.8 Å². The molecule has 0 aliphatic heterocycles. The van der Waals surface area contributed by atoms with Crippen LogP contribution < -0.4 is 20.7 Å². The van der Waals surface area contributed by atoms with Crippen LogP contribution in [0, 0.1) is 6.92 Å². The molecule has 0 radical (unpaired) electrons. The van der Waals surface area contributed by atoms with E-state index < -0.39 is 5.69 Å². The number of rotatable bonds is 5. The molecular formula is C15H18N2O4. The first kappa shape index (κ1) is 14.9. The van der Waals surface area contributed by atoms with E-state index in [9.17, 15) is 9.59 Å².